The van der Waals surface area contributed by atoms with Crippen LogP contribution in [-0.2, 0) is 6.18 Å². The topological polar surface area (TPSA) is 37.0 Å². The largest absolute Gasteiger partial charge is 0.417 e. The van der Waals surface area contributed by atoms with Crippen LogP contribution in [-0.4, -0.2) is 10.1 Å². The Labute approximate surface area is 197 Å². The predicted molar refractivity (Wildman–Crippen MR) is 129 cm³/mol. The molecule has 162 valence electrons. The van der Waals surface area contributed by atoms with Gasteiger partial charge in [-0.1, -0.05) is 41.6 Å². The van der Waals surface area contributed by atoms with Gasteiger partial charge in [-0.15, -0.1) is 0 Å². The molecular formula is C23H15ClF3N3S2. The summed E-state index contributed by atoms with van der Waals surface area (Å²) >= 11 is 12.5. The molecule has 4 rings (SSSR count). The lowest BCUT2D eigenvalue weighted by Gasteiger charge is -2.14. The molecule has 0 saturated carbocycles. The molecule has 1 heterocycles. The van der Waals surface area contributed by atoms with Gasteiger partial charge >= 0.3 is 6.18 Å². The van der Waals surface area contributed by atoms with Crippen molar-refractivity contribution in [3.8, 4) is 0 Å². The third-order valence-corrected chi connectivity index (χ3v) is 6.10. The van der Waals surface area contributed by atoms with Gasteiger partial charge in [-0.05, 0) is 66.8 Å². The van der Waals surface area contributed by atoms with Crippen LogP contribution in [0.3, 0.4) is 0 Å². The summed E-state index contributed by atoms with van der Waals surface area (Å²) in [4.78, 5) is 6.49. The SMILES string of the molecule is FC(F)(F)c1cc(NC(=S)Nc2ccc(Sc3ccnc4ccccc34)cc2)ccc1Cl. The van der Waals surface area contributed by atoms with Crippen LogP contribution in [0.4, 0.5) is 24.5 Å². The number of para-hydroxylation sites is 1. The van der Waals surface area contributed by atoms with E-state index in [0.717, 1.165) is 26.8 Å². The van der Waals surface area contributed by atoms with E-state index >= 15 is 0 Å². The maximum Gasteiger partial charge on any atom is 0.417 e. The van der Waals surface area contributed by atoms with Crippen molar-refractivity contribution in [3.05, 3.63) is 89.6 Å². The smallest absolute Gasteiger partial charge is 0.332 e. The molecule has 1 aromatic heterocycles. The molecule has 0 bridgehead atoms. The molecule has 4 aromatic rings. The molecule has 0 aliphatic rings. The first-order chi connectivity index (χ1) is 15.3. The third kappa shape index (κ3) is 5.32. The van der Waals surface area contributed by atoms with Crippen LogP contribution in [0.2, 0.25) is 5.02 Å². The third-order valence-electron chi connectivity index (χ3n) is 4.48. The van der Waals surface area contributed by atoms with E-state index in [4.69, 9.17) is 23.8 Å². The summed E-state index contributed by atoms with van der Waals surface area (Å²) in [6.07, 6.45) is -2.76. The number of halogens is 4. The number of hydrogen-bond donors (Lipinski definition) is 2. The van der Waals surface area contributed by atoms with E-state index < -0.39 is 11.7 Å². The second kappa shape index (κ2) is 9.36. The molecule has 3 aromatic carbocycles. The van der Waals surface area contributed by atoms with Gasteiger partial charge in [-0.3, -0.25) is 4.98 Å². The summed E-state index contributed by atoms with van der Waals surface area (Å²) in [7, 11) is 0. The molecule has 0 amide bonds. The Balaban J connectivity index is 1.42. The molecule has 0 saturated heterocycles. The number of alkyl halides is 3. The highest BCUT2D eigenvalue weighted by Gasteiger charge is 2.33. The van der Waals surface area contributed by atoms with Crippen molar-refractivity contribution < 1.29 is 13.2 Å². The number of benzene rings is 3. The highest BCUT2D eigenvalue weighted by molar-refractivity contribution is 7.99. The van der Waals surface area contributed by atoms with Gasteiger partial charge < -0.3 is 10.6 Å². The van der Waals surface area contributed by atoms with E-state index in [2.05, 4.69) is 15.6 Å². The molecular weight excluding hydrogens is 475 g/mol. The maximum atomic E-state index is 13.0. The van der Waals surface area contributed by atoms with Crippen LogP contribution in [0.5, 0.6) is 0 Å². The molecule has 32 heavy (non-hydrogen) atoms. The van der Waals surface area contributed by atoms with Crippen LogP contribution >= 0.6 is 35.6 Å². The number of anilines is 2. The standard InChI is InChI=1S/C23H15ClF3N3S2/c24-19-10-7-15(13-18(19)23(25,26)27)30-22(31)29-14-5-8-16(9-6-14)32-21-11-12-28-20-4-2-1-3-17(20)21/h1-13H,(H2,29,30,31). The zero-order chi connectivity index (χ0) is 22.7. The lowest BCUT2D eigenvalue weighted by molar-refractivity contribution is -0.137. The molecule has 2 N–H and O–H groups in total. The highest BCUT2D eigenvalue weighted by Crippen LogP contribution is 2.36. The Morgan fingerprint density at radius 3 is 2.34 bits per heavy atom. The van der Waals surface area contributed by atoms with E-state index in [9.17, 15) is 13.2 Å². The lowest BCUT2D eigenvalue weighted by atomic mass is 10.2. The minimum atomic E-state index is -4.54. The van der Waals surface area contributed by atoms with Gasteiger partial charge in [-0.25, -0.2) is 0 Å². The minimum Gasteiger partial charge on any atom is -0.332 e. The molecule has 9 heteroatoms. The van der Waals surface area contributed by atoms with Gasteiger partial charge in [0.25, 0.3) is 0 Å². The number of nitrogens with zero attached hydrogens (tertiary/aromatic N) is 1. The van der Waals surface area contributed by atoms with Crippen molar-refractivity contribution in [2.75, 3.05) is 10.6 Å². The van der Waals surface area contributed by atoms with Crippen LogP contribution in [0.1, 0.15) is 5.56 Å². The van der Waals surface area contributed by atoms with Gasteiger partial charge in [0.2, 0.25) is 0 Å². The minimum absolute atomic E-state index is 0.168. The fourth-order valence-electron chi connectivity index (χ4n) is 3.01. The van der Waals surface area contributed by atoms with E-state index in [-0.39, 0.29) is 15.8 Å². The summed E-state index contributed by atoms with van der Waals surface area (Å²) in [5.74, 6) is 0. The number of thiocarbonyl (C=S) groups is 1. The molecule has 0 fully saturated rings. The second-order valence-electron chi connectivity index (χ2n) is 6.72. The molecule has 0 unspecified atom stereocenters. The van der Waals surface area contributed by atoms with Crippen LogP contribution < -0.4 is 10.6 Å². The monoisotopic (exact) mass is 489 g/mol. The van der Waals surface area contributed by atoms with E-state index in [0.29, 0.717) is 5.69 Å². The van der Waals surface area contributed by atoms with Crippen LogP contribution in [0.15, 0.2) is 88.8 Å². The van der Waals surface area contributed by atoms with Crippen molar-refractivity contribution in [1.82, 2.24) is 4.98 Å². The van der Waals surface area contributed by atoms with Gasteiger partial charge in [0, 0.05) is 32.7 Å². The molecule has 0 aliphatic carbocycles. The average molecular weight is 490 g/mol. The maximum absolute atomic E-state index is 13.0. The summed E-state index contributed by atoms with van der Waals surface area (Å²) in [5, 5.41) is 6.61. The highest BCUT2D eigenvalue weighted by atomic mass is 35.5. The Morgan fingerprint density at radius 1 is 0.906 bits per heavy atom. The second-order valence-corrected chi connectivity index (χ2v) is 8.65. The van der Waals surface area contributed by atoms with Crippen molar-refractivity contribution in [2.45, 2.75) is 16.0 Å². The van der Waals surface area contributed by atoms with Gasteiger partial charge in [0.05, 0.1) is 16.1 Å². The number of fused-ring (bicyclic) bond motifs is 1. The van der Waals surface area contributed by atoms with E-state index in [1.54, 1.807) is 18.0 Å². The van der Waals surface area contributed by atoms with Crippen LogP contribution in [0, 0.1) is 0 Å². The fraction of sp³-hybridized carbons (Fsp3) is 0.0435. The summed E-state index contributed by atoms with van der Waals surface area (Å²) in [6, 6.07) is 21.0. The summed E-state index contributed by atoms with van der Waals surface area (Å²) in [5.41, 5.74) is 0.910. The number of nitrogens with one attached hydrogen (secondary N) is 2. The molecule has 0 radical (unpaired) electrons. The van der Waals surface area contributed by atoms with Crippen LogP contribution in [0.25, 0.3) is 10.9 Å². The normalized spacial score (nSPS) is 11.4. The first-order valence-electron chi connectivity index (χ1n) is 9.36. The Hall–Kier alpha value is -2.81. The zero-order valence-electron chi connectivity index (χ0n) is 16.3. The first kappa shape index (κ1) is 22.4. The molecule has 0 atom stereocenters. The van der Waals surface area contributed by atoms with Crippen molar-refractivity contribution in [2.24, 2.45) is 0 Å². The molecule has 0 spiro atoms. The number of hydrogen-bond acceptors (Lipinski definition) is 3. The quantitative estimate of drug-likeness (QED) is 0.285. The van der Waals surface area contributed by atoms with Gasteiger partial charge in [0.1, 0.15) is 0 Å². The van der Waals surface area contributed by atoms with Crippen molar-refractivity contribution >= 4 is 63.0 Å². The van der Waals surface area contributed by atoms with E-state index in [1.165, 1.54) is 12.1 Å². The van der Waals surface area contributed by atoms with Crippen molar-refractivity contribution in [1.29, 1.82) is 0 Å². The van der Waals surface area contributed by atoms with E-state index in [1.807, 2.05) is 54.6 Å². The predicted octanol–water partition coefficient (Wildman–Crippen LogP) is 7.87. The number of aromatic nitrogens is 1. The average Bonchev–Trinajstić information content (AvgIpc) is 2.76. The lowest BCUT2D eigenvalue weighted by Crippen LogP contribution is -2.19. The molecule has 0 aliphatic heterocycles. The summed E-state index contributed by atoms with van der Waals surface area (Å²) in [6.45, 7) is 0. The fourth-order valence-corrected chi connectivity index (χ4v) is 4.40. The van der Waals surface area contributed by atoms with Gasteiger partial charge in [-0.2, -0.15) is 13.2 Å². The van der Waals surface area contributed by atoms with Crippen molar-refractivity contribution in [3.63, 3.8) is 0 Å². The Morgan fingerprint density at radius 2 is 1.59 bits per heavy atom. The zero-order valence-corrected chi connectivity index (χ0v) is 18.7. The Kier molecular flexibility index (Phi) is 6.55. The first-order valence-corrected chi connectivity index (χ1v) is 11.0. The Bertz CT molecular complexity index is 1270. The number of rotatable bonds is 4. The number of pyridine rings is 1. The van der Waals surface area contributed by atoms with Gasteiger partial charge in [0.15, 0.2) is 5.11 Å². The molecule has 3 nitrogen and oxygen atoms in total. The summed E-state index contributed by atoms with van der Waals surface area (Å²) < 4.78 is 39.1.